The fraction of sp³-hybridized carbons (Fsp3) is 0.200. The van der Waals surface area contributed by atoms with Gasteiger partial charge in [-0.05, 0) is 51.7 Å². The Morgan fingerprint density at radius 2 is 2.10 bits per heavy atom. The maximum absolute atomic E-state index is 13.0. The van der Waals surface area contributed by atoms with Crippen LogP contribution in [0.2, 0.25) is 0 Å². The summed E-state index contributed by atoms with van der Waals surface area (Å²) in [6, 6.07) is 6.79. The Morgan fingerprint density at radius 3 is 2.90 bits per heavy atom. The number of aromatic nitrogens is 1. The molecule has 2 aromatic rings. The molecule has 2 heterocycles. The van der Waals surface area contributed by atoms with Gasteiger partial charge in [0.25, 0.3) is 6.43 Å². The zero-order valence-corrected chi connectivity index (χ0v) is 12.5. The van der Waals surface area contributed by atoms with Crippen molar-refractivity contribution in [1.82, 2.24) is 4.98 Å². The van der Waals surface area contributed by atoms with Gasteiger partial charge in [-0.25, -0.2) is 13.8 Å². The predicted molar refractivity (Wildman–Crippen MR) is 79.6 cm³/mol. The predicted octanol–water partition coefficient (Wildman–Crippen LogP) is 4.55. The van der Waals surface area contributed by atoms with Gasteiger partial charge >= 0.3 is 0 Å². The van der Waals surface area contributed by atoms with Gasteiger partial charge in [-0.1, -0.05) is 6.07 Å². The third kappa shape index (κ3) is 3.10. The molecular weight excluding hydrogens is 342 g/mol. The number of benzene rings is 1. The molecule has 108 valence electrons. The number of ether oxygens (including phenoxy) is 1. The second-order valence-electron chi connectivity index (χ2n) is 4.60. The van der Waals surface area contributed by atoms with E-state index in [9.17, 15) is 8.78 Å². The van der Waals surface area contributed by atoms with E-state index in [0.29, 0.717) is 10.2 Å². The molecule has 0 atom stereocenters. The highest BCUT2D eigenvalue weighted by Gasteiger charge is 2.17. The van der Waals surface area contributed by atoms with Gasteiger partial charge in [-0.3, -0.25) is 4.99 Å². The van der Waals surface area contributed by atoms with E-state index in [1.54, 1.807) is 18.3 Å². The lowest BCUT2D eigenvalue weighted by atomic mass is 10.0. The first kappa shape index (κ1) is 14.1. The van der Waals surface area contributed by atoms with Crippen molar-refractivity contribution in [3.8, 4) is 11.6 Å². The quantitative estimate of drug-likeness (QED) is 0.812. The van der Waals surface area contributed by atoms with Crippen LogP contribution >= 0.6 is 15.9 Å². The summed E-state index contributed by atoms with van der Waals surface area (Å²) in [6.07, 6.45) is 1.44. The maximum Gasteiger partial charge on any atom is 0.269 e. The summed E-state index contributed by atoms with van der Waals surface area (Å²) in [5.74, 6) is 0.389. The Balaban J connectivity index is 1.92. The van der Waals surface area contributed by atoms with Crippen LogP contribution in [0.4, 0.5) is 8.78 Å². The van der Waals surface area contributed by atoms with Crippen LogP contribution in [0.5, 0.6) is 11.6 Å². The fourth-order valence-electron chi connectivity index (χ4n) is 2.13. The highest BCUT2D eigenvalue weighted by Crippen LogP contribution is 2.33. The first-order valence-electron chi connectivity index (χ1n) is 6.37. The van der Waals surface area contributed by atoms with Crippen molar-refractivity contribution in [2.24, 2.45) is 4.99 Å². The van der Waals surface area contributed by atoms with Gasteiger partial charge in [0.05, 0.1) is 5.56 Å². The van der Waals surface area contributed by atoms with Crippen molar-refractivity contribution in [2.75, 3.05) is 6.54 Å². The second kappa shape index (κ2) is 5.89. The van der Waals surface area contributed by atoms with Gasteiger partial charge in [0, 0.05) is 23.4 Å². The zero-order chi connectivity index (χ0) is 14.8. The largest absolute Gasteiger partial charge is 0.439 e. The van der Waals surface area contributed by atoms with Crippen LogP contribution in [0.3, 0.4) is 0 Å². The standard InChI is InChI=1S/C15H11BrF2N2O/c16-11-6-13(14(17)18)15(20-8-11)21-12-2-1-9-3-4-19-7-10(9)5-12/h1-2,5-8,14H,3-4H2. The smallest absolute Gasteiger partial charge is 0.269 e. The van der Waals surface area contributed by atoms with Crippen molar-refractivity contribution in [3.63, 3.8) is 0 Å². The van der Waals surface area contributed by atoms with Crippen LogP contribution in [0, 0.1) is 0 Å². The molecule has 1 aromatic heterocycles. The lowest BCUT2D eigenvalue weighted by Gasteiger charge is -2.13. The molecule has 1 aliphatic rings. The number of hydrogen-bond donors (Lipinski definition) is 0. The average Bonchev–Trinajstić information content (AvgIpc) is 2.49. The van der Waals surface area contributed by atoms with Crippen molar-refractivity contribution in [1.29, 1.82) is 0 Å². The molecule has 0 amide bonds. The highest BCUT2D eigenvalue weighted by molar-refractivity contribution is 9.10. The van der Waals surface area contributed by atoms with E-state index >= 15 is 0 Å². The van der Waals surface area contributed by atoms with E-state index in [0.717, 1.165) is 18.5 Å². The Hall–Kier alpha value is -1.82. The molecule has 1 aliphatic heterocycles. The van der Waals surface area contributed by atoms with Crippen molar-refractivity contribution >= 4 is 22.1 Å². The summed E-state index contributed by atoms with van der Waals surface area (Å²) in [4.78, 5) is 8.13. The Bertz CT molecular complexity index is 704. The molecule has 0 radical (unpaired) electrons. The van der Waals surface area contributed by atoms with Crippen molar-refractivity contribution < 1.29 is 13.5 Å². The van der Waals surface area contributed by atoms with Gasteiger partial charge < -0.3 is 4.74 Å². The lowest BCUT2D eigenvalue weighted by molar-refractivity contribution is 0.147. The van der Waals surface area contributed by atoms with E-state index in [-0.39, 0.29) is 11.4 Å². The van der Waals surface area contributed by atoms with Gasteiger partial charge in [-0.15, -0.1) is 0 Å². The van der Waals surface area contributed by atoms with Gasteiger partial charge in [0.2, 0.25) is 5.88 Å². The number of hydrogen-bond acceptors (Lipinski definition) is 3. The topological polar surface area (TPSA) is 34.5 Å². The van der Waals surface area contributed by atoms with E-state index in [1.807, 2.05) is 6.07 Å². The van der Waals surface area contributed by atoms with E-state index in [4.69, 9.17) is 4.74 Å². The molecule has 0 N–H and O–H groups in total. The molecule has 0 saturated carbocycles. The normalized spacial score (nSPS) is 13.3. The fourth-order valence-corrected chi connectivity index (χ4v) is 2.48. The summed E-state index contributed by atoms with van der Waals surface area (Å²) in [5, 5.41) is 0. The van der Waals surface area contributed by atoms with Crippen molar-refractivity contribution in [3.05, 3.63) is 51.6 Å². The minimum atomic E-state index is -2.65. The number of rotatable bonds is 3. The molecule has 0 aliphatic carbocycles. The van der Waals surface area contributed by atoms with E-state index in [2.05, 4.69) is 25.9 Å². The van der Waals surface area contributed by atoms with Crippen LogP contribution in [-0.4, -0.2) is 17.7 Å². The third-order valence-electron chi connectivity index (χ3n) is 3.15. The van der Waals surface area contributed by atoms with Crippen LogP contribution in [0.15, 0.2) is 39.9 Å². The molecule has 0 spiro atoms. The molecule has 3 nitrogen and oxygen atoms in total. The van der Waals surface area contributed by atoms with E-state index in [1.165, 1.54) is 17.8 Å². The molecule has 21 heavy (non-hydrogen) atoms. The van der Waals surface area contributed by atoms with Gasteiger partial charge in [0.15, 0.2) is 0 Å². The minimum Gasteiger partial charge on any atom is -0.439 e. The summed E-state index contributed by atoms with van der Waals surface area (Å²) < 4.78 is 32.1. The van der Waals surface area contributed by atoms with Crippen LogP contribution < -0.4 is 4.74 Å². The molecule has 0 fully saturated rings. The molecule has 1 aromatic carbocycles. The molecule has 6 heteroatoms. The molecule has 0 bridgehead atoms. The van der Waals surface area contributed by atoms with Crippen LogP contribution in [-0.2, 0) is 6.42 Å². The number of fused-ring (bicyclic) bond motifs is 1. The summed E-state index contributed by atoms with van der Waals surface area (Å²) >= 11 is 3.13. The SMILES string of the molecule is FC(F)c1cc(Br)cnc1Oc1ccc2c(c1)C=NCC2. The molecular formula is C15H11BrF2N2O. The minimum absolute atomic E-state index is 0.0825. The highest BCUT2D eigenvalue weighted by atomic mass is 79.9. The average molecular weight is 353 g/mol. The first-order valence-corrected chi connectivity index (χ1v) is 7.17. The van der Waals surface area contributed by atoms with Crippen molar-refractivity contribution in [2.45, 2.75) is 12.8 Å². The van der Waals surface area contributed by atoms with E-state index < -0.39 is 6.43 Å². The number of alkyl halides is 2. The number of aliphatic imine (C=N–C) groups is 1. The number of nitrogens with zero attached hydrogens (tertiary/aromatic N) is 2. The first-order chi connectivity index (χ1) is 10.1. The van der Waals surface area contributed by atoms with Crippen LogP contribution in [0.1, 0.15) is 23.1 Å². The Kier molecular flexibility index (Phi) is 3.96. The number of pyridine rings is 1. The zero-order valence-electron chi connectivity index (χ0n) is 10.9. The third-order valence-corrected chi connectivity index (χ3v) is 3.59. The summed E-state index contributed by atoms with van der Waals surface area (Å²) in [7, 11) is 0. The Morgan fingerprint density at radius 1 is 1.24 bits per heavy atom. The monoisotopic (exact) mass is 352 g/mol. The maximum atomic E-state index is 13.0. The number of halogens is 3. The van der Waals surface area contributed by atoms with Gasteiger partial charge in [-0.2, -0.15) is 0 Å². The van der Waals surface area contributed by atoms with Gasteiger partial charge in [0.1, 0.15) is 5.75 Å². The molecule has 0 saturated heterocycles. The molecule has 3 rings (SSSR count). The van der Waals surface area contributed by atoms with Crippen LogP contribution in [0.25, 0.3) is 0 Å². The summed E-state index contributed by atoms with van der Waals surface area (Å²) in [6.45, 7) is 0.775. The summed E-state index contributed by atoms with van der Waals surface area (Å²) in [5.41, 5.74) is 1.89. The molecule has 0 unspecified atom stereocenters. The second-order valence-corrected chi connectivity index (χ2v) is 5.51. The lowest BCUT2D eigenvalue weighted by Crippen LogP contribution is -2.03. The Labute approximate surface area is 128 Å².